The average Bonchev–Trinajstić information content (AvgIpc) is 3.31. The molecule has 0 unspecified atom stereocenters. The van der Waals surface area contributed by atoms with Gasteiger partial charge in [0.15, 0.2) is 0 Å². The second kappa shape index (κ2) is 4.34. The summed E-state index contributed by atoms with van der Waals surface area (Å²) in [6.45, 7) is 2.17. The molecule has 2 nitrogen and oxygen atoms in total. The van der Waals surface area contributed by atoms with Crippen molar-refractivity contribution >= 4 is 16.8 Å². The molecular weight excluding hydrogens is 268 g/mol. The molecule has 2 aromatic rings. The first-order chi connectivity index (χ1) is 10.9. The Balaban J connectivity index is 1.82. The molecule has 22 heavy (non-hydrogen) atoms. The van der Waals surface area contributed by atoms with Gasteiger partial charge in [0.1, 0.15) is 0 Å². The number of nitrogens with zero attached hydrogens (tertiary/aromatic N) is 1. The van der Waals surface area contributed by atoms with Crippen LogP contribution in [0.1, 0.15) is 11.1 Å². The molecule has 1 fully saturated rings. The average molecular weight is 286 g/mol. The third-order valence-electron chi connectivity index (χ3n) is 5.05. The molecule has 0 amide bonds. The Morgan fingerprint density at radius 3 is 2.36 bits per heavy atom. The number of allylic oxidation sites excluding steroid dienone is 2. The zero-order valence-electron chi connectivity index (χ0n) is 12.6. The quantitative estimate of drug-likeness (QED) is 0.895. The van der Waals surface area contributed by atoms with Crippen LogP contribution in [0.3, 0.4) is 0 Å². The Hall–Kier alpha value is -2.32. The van der Waals surface area contributed by atoms with Crippen molar-refractivity contribution in [1.82, 2.24) is 10.2 Å². The fourth-order valence-corrected chi connectivity index (χ4v) is 3.73. The summed E-state index contributed by atoms with van der Waals surface area (Å²) in [6.07, 6.45) is 2.32. The molecule has 1 aliphatic heterocycles. The maximum absolute atomic E-state index is 3.38. The van der Waals surface area contributed by atoms with Gasteiger partial charge in [-0.2, -0.15) is 0 Å². The summed E-state index contributed by atoms with van der Waals surface area (Å²) in [5, 5.41) is 6.14. The van der Waals surface area contributed by atoms with Gasteiger partial charge in [-0.05, 0) is 35.1 Å². The largest absolute Gasteiger partial charge is 0.367 e. The number of likely N-dealkylation sites (N-methyl/N-ethyl adjacent to an activating group) is 1. The van der Waals surface area contributed by atoms with Crippen molar-refractivity contribution in [2.24, 2.45) is 0 Å². The van der Waals surface area contributed by atoms with E-state index in [1.807, 2.05) is 0 Å². The summed E-state index contributed by atoms with van der Waals surface area (Å²) < 4.78 is 0. The molecule has 0 bridgehead atoms. The highest BCUT2D eigenvalue weighted by atomic mass is 15.2. The smallest absolute Gasteiger partial charge is 0.0527 e. The van der Waals surface area contributed by atoms with Crippen LogP contribution in [0, 0.1) is 0 Å². The molecule has 1 saturated heterocycles. The summed E-state index contributed by atoms with van der Waals surface area (Å²) in [5.74, 6) is 0. The van der Waals surface area contributed by atoms with E-state index in [4.69, 9.17) is 0 Å². The van der Waals surface area contributed by atoms with Crippen LogP contribution in [0.2, 0.25) is 0 Å². The van der Waals surface area contributed by atoms with Gasteiger partial charge in [-0.3, -0.25) is 0 Å². The molecule has 0 atom stereocenters. The van der Waals surface area contributed by atoms with Crippen LogP contribution in [-0.2, 0) is 0 Å². The van der Waals surface area contributed by atoms with Gasteiger partial charge < -0.3 is 10.2 Å². The lowest BCUT2D eigenvalue weighted by molar-refractivity contribution is 0.210. The van der Waals surface area contributed by atoms with E-state index in [0.29, 0.717) is 6.04 Å². The summed E-state index contributed by atoms with van der Waals surface area (Å²) in [7, 11) is 2.05. The van der Waals surface area contributed by atoms with Crippen LogP contribution in [0.25, 0.3) is 16.8 Å². The van der Waals surface area contributed by atoms with Crippen molar-refractivity contribution < 1.29 is 0 Å². The molecule has 3 aliphatic rings. The van der Waals surface area contributed by atoms with Crippen LogP contribution < -0.4 is 15.8 Å². The first-order valence-corrected chi connectivity index (χ1v) is 7.94. The normalized spacial score (nSPS) is 18.8. The van der Waals surface area contributed by atoms with Gasteiger partial charge in [0.2, 0.25) is 0 Å². The zero-order valence-corrected chi connectivity index (χ0v) is 12.6. The monoisotopic (exact) mass is 286 g/mol. The van der Waals surface area contributed by atoms with Crippen LogP contribution in [0.4, 0.5) is 0 Å². The minimum Gasteiger partial charge on any atom is -0.367 e. The molecule has 0 saturated carbocycles. The van der Waals surface area contributed by atoms with Gasteiger partial charge in [-0.1, -0.05) is 48.5 Å². The highest BCUT2D eigenvalue weighted by Gasteiger charge is 2.32. The Bertz CT molecular complexity index is 930. The molecule has 0 radical (unpaired) electrons. The summed E-state index contributed by atoms with van der Waals surface area (Å²) in [4.78, 5) is 2.52. The van der Waals surface area contributed by atoms with Crippen molar-refractivity contribution in [1.29, 1.82) is 0 Å². The number of fused-ring (bicyclic) bond motifs is 4. The molecule has 108 valence electrons. The molecule has 5 rings (SSSR count). The number of benzene rings is 2. The topological polar surface area (TPSA) is 15.3 Å². The van der Waals surface area contributed by atoms with E-state index in [9.17, 15) is 0 Å². The van der Waals surface area contributed by atoms with E-state index >= 15 is 0 Å². The van der Waals surface area contributed by atoms with E-state index < -0.39 is 0 Å². The molecule has 0 aromatic heterocycles. The SMILES string of the molecule is CNC1CN(C2=c3ccccc3=C3C=C3c3ccccc32)C1. The Morgan fingerprint density at radius 1 is 0.909 bits per heavy atom. The van der Waals surface area contributed by atoms with E-state index in [2.05, 4.69) is 71.9 Å². The third-order valence-corrected chi connectivity index (χ3v) is 5.05. The van der Waals surface area contributed by atoms with Crippen molar-refractivity contribution in [3.63, 3.8) is 0 Å². The summed E-state index contributed by atoms with van der Waals surface area (Å²) in [6, 6.07) is 18.3. The number of nitrogens with one attached hydrogen (secondary N) is 1. The van der Waals surface area contributed by atoms with Gasteiger partial charge in [0, 0.05) is 29.9 Å². The lowest BCUT2D eigenvalue weighted by Gasteiger charge is -2.42. The lowest BCUT2D eigenvalue weighted by Crippen LogP contribution is -2.57. The minimum absolute atomic E-state index is 0.608. The van der Waals surface area contributed by atoms with Crippen molar-refractivity contribution in [2.75, 3.05) is 20.1 Å². The van der Waals surface area contributed by atoms with Crippen LogP contribution in [0.15, 0.2) is 54.6 Å². The second-order valence-corrected chi connectivity index (χ2v) is 6.30. The molecular formula is C20H18N2. The molecule has 1 heterocycles. The standard InChI is InChI=1S/C20H18N2/c1-21-13-11-22(12-13)20-16-8-4-2-6-14(16)18-10-19(18)15-7-3-5-9-17(15)20/h2-10,13,21H,11-12H2,1H3. The Kier molecular flexibility index (Phi) is 2.42. The fourth-order valence-electron chi connectivity index (χ4n) is 3.73. The molecule has 0 spiro atoms. The predicted octanol–water partition coefficient (Wildman–Crippen LogP) is 1.31. The third kappa shape index (κ3) is 1.59. The van der Waals surface area contributed by atoms with Gasteiger partial charge in [-0.25, -0.2) is 0 Å². The van der Waals surface area contributed by atoms with Crippen molar-refractivity contribution in [3.8, 4) is 0 Å². The zero-order chi connectivity index (χ0) is 14.7. The van der Waals surface area contributed by atoms with Gasteiger partial charge in [-0.15, -0.1) is 0 Å². The van der Waals surface area contributed by atoms with Gasteiger partial charge >= 0.3 is 0 Å². The Labute approximate surface area is 130 Å². The number of likely N-dealkylation sites (tertiary alicyclic amines) is 1. The first-order valence-electron chi connectivity index (χ1n) is 7.94. The molecule has 2 aliphatic carbocycles. The number of hydrogen-bond acceptors (Lipinski definition) is 2. The van der Waals surface area contributed by atoms with Crippen LogP contribution in [0.5, 0.6) is 0 Å². The van der Waals surface area contributed by atoms with Gasteiger partial charge in [0.05, 0.1) is 5.70 Å². The Morgan fingerprint density at radius 2 is 1.59 bits per heavy atom. The van der Waals surface area contributed by atoms with Crippen molar-refractivity contribution in [2.45, 2.75) is 6.04 Å². The molecule has 2 heteroatoms. The summed E-state index contributed by atoms with van der Waals surface area (Å²) >= 11 is 0. The number of hydrogen-bond donors (Lipinski definition) is 1. The first kappa shape index (κ1) is 12.2. The molecule has 2 aromatic carbocycles. The number of rotatable bonds is 2. The van der Waals surface area contributed by atoms with E-state index in [-0.39, 0.29) is 0 Å². The van der Waals surface area contributed by atoms with Crippen molar-refractivity contribution in [3.05, 3.63) is 76.2 Å². The van der Waals surface area contributed by atoms with Gasteiger partial charge in [0.25, 0.3) is 0 Å². The van der Waals surface area contributed by atoms with Crippen LogP contribution in [-0.4, -0.2) is 31.1 Å². The predicted molar refractivity (Wildman–Crippen MR) is 90.4 cm³/mol. The minimum atomic E-state index is 0.608. The highest BCUT2D eigenvalue weighted by Crippen LogP contribution is 2.42. The second-order valence-electron chi connectivity index (χ2n) is 6.30. The highest BCUT2D eigenvalue weighted by molar-refractivity contribution is 6.21. The van der Waals surface area contributed by atoms with E-state index in [1.54, 1.807) is 0 Å². The van der Waals surface area contributed by atoms with Crippen LogP contribution >= 0.6 is 0 Å². The maximum atomic E-state index is 3.38. The fraction of sp³-hybridized carbons (Fsp3) is 0.200. The summed E-state index contributed by atoms with van der Waals surface area (Å²) in [5.41, 5.74) is 7.01. The van der Waals surface area contributed by atoms with E-state index in [0.717, 1.165) is 13.1 Å². The molecule has 1 N–H and O–H groups in total. The van der Waals surface area contributed by atoms with E-state index in [1.165, 1.54) is 38.4 Å². The maximum Gasteiger partial charge on any atom is 0.0527 e. The lowest BCUT2D eigenvalue weighted by atomic mass is 9.97.